The van der Waals surface area contributed by atoms with Gasteiger partial charge in [0, 0.05) is 29.9 Å². The fourth-order valence-electron chi connectivity index (χ4n) is 1.52. The van der Waals surface area contributed by atoms with Crippen molar-refractivity contribution >= 4 is 21.4 Å². The molecule has 1 aromatic rings. The minimum absolute atomic E-state index is 0.0799. The van der Waals surface area contributed by atoms with Gasteiger partial charge in [0.25, 0.3) is 0 Å². The lowest BCUT2D eigenvalue weighted by atomic mass is 9.88. The Labute approximate surface area is 114 Å². The summed E-state index contributed by atoms with van der Waals surface area (Å²) in [4.78, 5) is 1.22. The molecule has 0 saturated heterocycles. The molecule has 0 aliphatic heterocycles. The fraction of sp³-hybridized carbons (Fsp3) is 0.667. The number of rotatable bonds is 4. The van der Waals surface area contributed by atoms with Crippen LogP contribution in [-0.2, 0) is 16.6 Å². The summed E-state index contributed by atoms with van der Waals surface area (Å²) in [5.74, 6) is 0. The van der Waals surface area contributed by atoms with Crippen LogP contribution in [0.15, 0.2) is 16.3 Å². The molecule has 0 aliphatic rings. The number of hydrogen-bond donors (Lipinski definition) is 1. The van der Waals surface area contributed by atoms with Crippen LogP contribution in [0, 0.1) is 5.41 Å². The molecule has 6 heteroatoms. The normalized spacial score (nSPS) is 15.1. The molecule has 0 bridgehead atoms. The SMILES string of the molecule is CC(N(C)S(=O)(=O)c1csc(CN)c1)C(C)(C)C. The minimum Gasteiger partial charge on any atom is -0.326 e. The largest absolute Gasteiger partial charge is 0.326 e. The summed E-state index contributed by atoms with van der Waals surface area (Å²) in [6.07, 6.45) is 0. The Kier molecular flexibility index (Phi) is 4.59. The van der Waals surface area contributed by atoms with Crippen LogP contribution in [-0.4, -0.2) is 25.8 Å². The monoisotopic (exact) mass is 290 g/mol. The van der Waals surface area contributed by atoms with E-state index in [9.17, 15) is 8.42 Å². The zero-order valence-electron chi connectivity index (χ0n) is 11.6. The van der Waals surface area contributed by atoms with Crippen LogP contribution in [0.5, 0.6) is 0 Å². The van der Waals surface area contributed by atoms with Crippen molar-refractivity contribution in [3.8, 4) is 0 Å². The Morgan fingerprint density at radius 2 is 2.00 bits per heavy atom. The molecule has 1 unspecified atom stereocenters. The van der Waals surface area contributed by atoms with Gasteiger partial charge in [0.05, 0.1) is 4.90 Å². The van der Waals surface area contributed by atoms with Crippen molar-refractivity contribution in [1.82, 2.24) is 4.31 Å². The molecular weight excluding hydrogens is 268 g/mol. The average Bonchev–Trinajstić information content (AvgIpc) is 2.74. The van der Waals surface area contributed by atoms with Gasteiger partial charge in [-0.15, -0.1) is 11.3 Å². The fourth-order valence-corrected chi connectivity index (χ4v) is 4.21. The van der Waals surface area contributed by atoms with Gasteiger partial charge in [0.2, 0.25) is 10.0 Å². The second kappa shape index (κ2) is 5.28. The van der Waals surface area contributed by atoms with Crippen LogP contribution < -0.4 is 5.73 Å². The third-order valence-corrected chi connectivity index (χ3v) is 6.32. The Hall–Kier alpha value is -0.430. The molecule has 0 amide bonds. The molecule has 0 aromatic carbocycles. The van der Waals surface area contributed by atoms with Crippen molar-refractivity contribution in [1.29, 1.82) is 0 Å². The molecular formula is C12H22N2O2S2. The lowest BCUT2D eigenvalue weighted by molar-refractivity contribution is 0.216. The van der Waals surface area contributed by atoms with E-state index in [0.717, 1.165) is 4.88 Å². The van der Waals surface area contributed by atoms with Gasteiger partial charge >= 0.3 is 0 Å². The molecule has 0 radical (unpaired) electrons. The Morgan fingerprint density at radius 1 is 1.44 bits per heavy atom. The van der Waals surface area contributed by atoms with Gasteiger partial charge in [0.15, 0.2) is 0 Å². The van der Waals surface area contributed by atoms with Crippen LogP contribution in [0.25, 0.3) is 0 Å². The Morgan fingerprint density at radius 3 is 2.39 bits per heavy atom. The number of thiophene rings is 1. The Balaban J connectivity index is 3.07. The maximum Gasteiger partial charge on any atom is 0.243 e. The van der Waals surface area contributed by atoms with Crippen LogP contribution in [0.1, 0.15) is 32.6 Å². The molecule has 2 N–H and O–H groups in total. The van der Waals surface area contributed by atoms with Crippen molar-refractivity contribution < 1.29 is 8.42 Å². The van der Waals surface area contributed by atoms with E-state index in [1.807, 2.05) is 27.7 Å². The molecule has 1 atom stereocenters. The number of nitrogens with two attached hydrogens (primary N) is 1. The van der Waals surface area contributed by atoms with Crippen molar-refractivity contribution in [2.24, 2.45) is 11.1 Å². The Bertz CT molecular complexity index is 500. The first-order valence-corrected chi connectivity index (χ1v) is 8.18. The topological polar surface area (TPSA) is 63.4 Å². The van der Waals surface area contributed by atoms with E-state index in [0.29, 0.717) is 11.4 Å². The number of hydrogen-bond acceptors (Lipinski definition) is 4. The maximum absolute atomic E-state index is 12.4. The van der Waals surface area contributed by atoms with E-state index < -0.39 is 10.0 Å². The van der Waals surface area contributed by atoms with Crippen molar-refractivity contribution in [3.05, 3.63) is 16.3 Å². The smallest absolute Gasteiger partial charge is 0.243 e. The first kappa shape index (κ1) is 15.6. The summed E-state index contributed by atoms with van der Waals surface area (Å²) in [7, 11) is -1.79. The zero-order valence-corrected chi connectivity index (χ0v) is 13.2. The predicted octanol–water partition coefficient (Wildman–Crippen LogP) is 2.26. The molecule has 0 aliphatic carbocycles. The average molecular weight is 290 g/mol. The van der Waals surface area contributed by atoms with Gasteiger partial charge in [-0.3, -0.25) is 0 Å². The summed E-state index contributed by atoms with van der Waals surface area (Å²) in [5, 5.41) is 1.66. The van der Waals surface area contributed by atoms with E-state index >= 15 is 0 Å². The van der Waals surface area contributed by atoms with E-state index in [1.54, 1.807) is 18.5 Å². The lowest BCUT2D eigenvalue weighted by Gasteiger charge is -2.34. The van der Waals surface area contributed by atoms with Crippen molar-refractivity contribution in [3.63, 3.8) is 0 Å². The van der Waals surface area contributed by atoms with Gasteiger partial charge in [-0.2, -0.15) is 4.31 Å². The molecule has 104 valence electrons. The standard InChI is InChI=1S/C12H22N2O2S2/c1-9(12(2,3)4)14(5)18(15,16)11-6-10(7-13)17-8-11/h6,8-9H,7,13H2,1-5H3. The molecule has 18 heavy (non-hydrogen) atoms. The predicted molar refractivity (Wildman–Crippen MR) is 76.1 cm³/mol. The van der Waals surface area contributed by atoms with E-state index in [4.69, 9.17) is 5.73 Å². The molecule has 1 rings (SSSR count). The lowest BCUT2D eigenvalue weighted by Crippen LogP contribution is -2.42. The number of nitrogens with zero attached hydrogens (tertiary/aromatic N) is 1. The molecule has 0 spiro atoms. The highest BCUT2D eigenvalue weighted by Gasteiger charge is 2.32. The second-order valence-corrected chi connectivity index (χ2v) is 8.51. The minimum atomic E-state index is -3.42. The number of sulfonamides is 1. The third-order valence-electron chi connectivity index (χ3n) is 3.31. The van der Waals surface area contributed by atoms with Gasteiger partial charge in [-0.1, -0.05) is 20.8 Å². The molecule has 1 heterocycles. The van der Waals surface area contributed by atoms with Crippen LogP contribution >= 0.6 is 11.3 Å². The van der Waals surface area contributed by atoms with Crippen molar-refractivity contribution in [2.45, 2.75) is 45.2 Å². The molecule has 0 fully saturated rings. The van der Waals surface area contributed by atoms with Gasteiger partial charge in [-0.25, -0.2) is 8.42 Å². The first-order chi connectivity index (χ1) is 8.10. The molecule has 1 aromatic heterocycles. The molecule has 0 saturated carbocycles. The van der Waals surface area contributed by atoms with Crippen LogP contribution in [0.3, 0.4) is 0 Å². The maximum atomic E-state index is 12.4. The molecule has 4 nitrogen and oxygen atoms in total. The third kappa shape index (κ3) is 3.12. The van der Waals surface area contributed by atoms with Gasteiger partial charge in [0.1, 0.15) is 0 Å². The summed E-state index contributed by atoms with van der Waals surface area (Å²) in [6.45, 7) is 8.39. The second-order valence-electron chi connectivity index (χ2n) is 5.52. The van der Waals surface area contributed by atoms with Crippen LogP contribution in [0.2, 0.25) is 0 Å². The van der Waals surface area contributed by atoms with Crippen LogP contribution in [0.4, 0.5) is 0 Å². The summed E-state index contributed by atoms with van der Waals surface area (Å²) in [5.41, 5.74) is 5.41. The highest BCUT2D eigenvalue weighted by molar-refractivity contribution is 7.89. The van der Waals surface area contributed by atoms with E-state index in [-0.39, 0.29) is 11.5 Å². The zero-order chi connectivity index (χ0) is 14.1. The summed E-state index contributed by atoms with van der Waals surface area (Å²) < 4.78 is 26.3. The summed E-state index contributed by atoms with van der Waals surface area (Å²) >= 11 is 1.38. The van der Waals surface area contributed by atoms with Crippen molar-refractivity contribution in [2.75, 3.05) is 7.05 Å². The van der Waals surface area contributed by atoms with E-state index in [1.165, 1.54) is 15.6 Å². The first-order valence-electron chi connectivity index (χ1n) is 5.86. The summed E-state index contributed by atoms with van der Waals surface area (Å²) in [6, 6.07) is 1.58. The van der Waals surface area contributed by atoms with Gasteiger partial charge in [-0.05, 0) is 18.4 Å². The quantitative estimate of drug-likeness (QED) is 0.925. The van der Waals surface area contributed by atoms with E-state index in [2.05, 4.69) is 0 Å². The van der Waals surface area contributed by atoms with Gasteiger partial charge < -0.3 is 5.73 Å². The highest BCUT2D eigenvalue weighted by atomic mass is 32.2. The highest BCUT2D eigenvalue weighted by Crippen LogP contribution is 2.29.